The molecular formula is C20H25N3O4. The Kier molecular flexibility index (Phi) is 8.09. The van der Waals surface area contributed by atoms with Gasteiger partial charge in [0.05, 0.1) is 12.4 Å². The maximum Gasteiger partial charge on any atom is 0.174 e. The van der Waals surface area contributed by atoms with E-state index in [0.717, 1.165) is 22.6 Å². The molecule has 0 spiro atoms. The van der Waals surface area contributed by atoms with Gasteiger partial charge in [-0.15, -0.1) is 0 Å². The van der Waals surface area contributed by atoms with Crippen molar-refractivity contribution in [1.29, 1.82) is 0 Å². The summed E-state index contributed by atoms with van der Waals surface area (Å²) in [7, 11) is 1.46. The quantitative estimate of drug-likeness (QED) is 0.275. The summed E-state index contributed by atoms with van der Waals surface area (Å²) in [6.45, 7) is 7.32. The zero-order valence-corrected chi connectivity index (χ0v) is 16.1. The third-order valence-electron chi connectivity index (χ3n) is 3.54. The molecule has 0 aliphatic carbocycles. The molecule has 144 valence electrons. The third kappa shape index (κ3) is 6.62. The lowest BCUT2D eigenvalue weighted by molar-refractivity contribution is 0.213. The Morgan fingerprint density at radius 3 is 2.26 bits per heavy atom. The summed E-state index contributed by atoms with van der Waals surface area (Å²) < 4.78 is 17.2. The van der Waals surface area contributed by atoms with E-state index in [2.05, 4.69) is 20.0 Å². The van der Waals surface area contributed by atoms with Crippen LogP contribution in [0, 0.1) is 13.8 Å². The van der Waals surface area contributed by atoms with Crippen molar-refractivity contribution in [2.45, 2.75) is 20.8 Å². The lowest BCUT2D eigenvalue weighted by Gasteiger charge is -2.14. The highest BCUT2D eigenvalue weighted by Gasteiger charge is 2.07. The van der Waals surface area contributed by atoms with E-state index in [4.69, 9.17) is 14.2 Å². The van der Waals surface area contributed by atoms with Gasteiger partial charge < -0.3 is 19.0 Å². The molecule has 0 N–H and O–H groups in total. The fraction of sp³-hybridized carbons (Fsp3) is 0.350. The van der Waals surface area contributed by atoms with Crippen LogP contribution >= 0.6 is 0 Å². The summed E-state index contributed by atoms with van der Waals surface area (Å²) in [6.07, 6.45) is 8.51. The van der Waals surface area contributed by atoms with Crippen molar-refractivity contribution >= 4 is 6.21 Å². The summed E-state index contributed by atoms with van der Waals surface area (Å²) in [5.74, 6) is 2.69. The number of hydrogen-bond acceptors (Lipinski definition) is 7. The predicted molar refractivity (Wildman–Crippen MR) is 104 cm³/mol. The van der Waals surface area contributed by atoms with E-state index in [1.54, 1.807) is 12.4 Å². The van der Waals surface area contributed by atoms with Crippen molar-refractivity contribution in [3.63, 3.8) is 0 Å². The Balaban J connectivity index is 1.83. The molecule has 0 aliphatic rings. The molecule has 27 heavy (non-hydrogen) atoms. The van der Waals surface area contributed by atoms with E-state index in [9.17, 15) is 0 Å². The number of aryl methyl sites for hydroxylation is 2. The molecule has 0 saturated heterocycles. The largest absolute Gasteiger partial charge is 0.490 e. The molecule has 7 heteroatoms. The molecule has 0 aliphatic heterocycles. The highest BCUT2D eigenvalue weighted by molar-refractivity contribution is 5.73. The van der Waals surface area contributed by atoms with Gasteiger partial charge in [-0.2, -0.15) is 0 Å². The van der Waals surface area contributed by atoms with Gasteiger partial charge in [-0.3, -0.25) is 0 Å². The van der Waals surface area contributed by atoms with Gasteiger partial charge in [0.2, 0.25) is 0 Å². The minimum Gasteiger partial charge on any atom is -0.490 e. The second-order valence-corrected chi connectivity index (χ2v) is 5.66. The molecule has 7 nitrogen and oxygen atoms in total. The normalized spacial score (nSPS) is 11.1. The van der Waals surface area contributed by atoms with Crippen molar-refractivity contribution in [2.75, 3.05) is 26.9 Å². The van der Waals surface area contributed by atoms with Crippen LogP contribution in [0.15, 0.2) is 41.8 Å². The van der Waals surface area contributed by atoms with Crippen LogP contribution < -0.4 is 14.2 Å². The highest BCUT2D eigenvalue weighted by Crippen LogP contribution is 2.28. The number of ether oxygens (including phenoxy) is 3. The van der Waals surface area contributed by atoms with Crippen molar-refractivity contribution < 1.29 is 19.0 Å². The SMILES string of the molecule is C/C=C/COc1cc(C)c(OCCOc2cnc(/C=N/OC)nc2)c(C)c1. The Labute approximate surface area is 159 Å². The van der Waals surface area contributed by atoms with Crippen LogP contribution in [-0.2, 0) is 4.84 Å². The van der Waals surface area contributed by atoms with Crippen molar-refractivity contribution in [3.8, 4) is 17.2 Å². The van der Waals surface area contributed by atoms with E-state index < -0.39 is 0 Å². The van der Waals surface area contributed by atoms with Gasteiger partial charge in [-0.25, -0.2) is 9.97 Å². The van der Waals surface area contributed by atoms with Crippen molar-refractivity contribution in [1.82, 2.24) is 9.97 Å². The monoisotopic (exact) mass is 371 g/mol. The van der Waals surface area contributed by atoms with Gasteiger partial charge >= 0.3 is 0 Å². The predicted octanol–water partition coefficient (Wildman–Crippen LogP) is 3.49. The fourth-order valence-corrected chi connectivity index (χ4v) is 2.33. The minimum absolute atomic E-state index is 0.382. The van der Waals surface area contributed by atoms with Gasteiger partial charge in [0.15, 0.2) is 11.6 Å². The maximum absolute atomic E-state index is 5.87. The molecular weight excluding hydrogens is 346 g/mol. The molecule has 0 amide bonds. The van der Waals surface area contributed by atoms with Gasteiger partial charge in [-0.1, -0.05) is 17.3 Å². The Morgan fingerprint density at radius 1 is 0.963 bits per heavy atom. The minimum atomic E-state index is 0.382. The topological polar surface area (TPSA) is 75.1 Å². The Morgan fingerprint density at radius 2 is 1.63 bits per heavy atom. The second-order valence-electron chi connectivity index (χ2n) is 5.66. The molecule has 0 atom stereocenters. The summed E-state index contributed by atoms with van der Waals surface area (Å²) in [4.78, 5) is 12.8. The summed E-state index contributed by atoms with van der Waals surface area (Å²) in [6, 6.07) is 3.95. The average molecular weight is 371 g/mol. The molecule has 2 rings (SSSR count). The summed E-state index contributed by atoms with van der Waals surface area (Å²) >= 11 is 0. The van der Waals surface area contributed by atoms with Crippen LogP contribution in [0.2, 0.25) is 0 Å². The first-order valence-corrected chi connectivity index (χ1v) is 8.63. The van der Waals surface area contributed by atoms with Gasteiger partial charge in [0.1, 0.15) is 44.6 Å². The molecule has 0 bridgehead atoms. The van der Waals surface area contributed by atoms with Crippen LogP contribution in [0.1, 0.15) is 23.9 Å². The standard InChI is InChI=1S/C20H25N3O4/c1-5-6-7-25-17-10-15(2)20(16(3)11-17)27-9-8-26-18-12-21-19(22-13-18)14-23-24-4/h5-6,10-14H,7-9H2,1-4H3/b6-5+,23-14+. The van der Waals surface area contributed by atoms with Crippen molar-refractivity contribution in [2.24, 2.45) is 5.16 Å². The van der Waals surface area contributed by atoms with Gasteiger partial charge in [-0.05, 0) is 44.0 Å². The smallest absolute Gasteiger partial charge is 0.174 e. The number of benzene rings is 1. The zero-order valence-electron chi connectivity index (χ0n) is 16.1. The maximum atomic E-state index is 5.87. The van der Waals surface area contributed by atoms with E-state index >= 15 is 0 Å². The van der Waals surface area contributed by atoms with Crippen molar-refractivity contribution in [3.05, 3.63) is 53.6 Å². The molecule has 0 fully saturated rings. The van der Waals surface area contributed by atoms with Crippen LogP contribution in [0.5, 0.6) is 17.2 Å². The molecule has 0 radical (unpaired) electrons. The first-order valence-electron chi connectivity index (χ1n) is 8.63. The number of nitrogens with zero attached hydrogens (tertiary/aromatic N) is 3. The molecule has 1 heterocycles. The molecule has 0 saturated carbocycles. The number of oxime groups is 1. The lowest BCUT2D eigenvalue weighted by Crippen LogP contribution is -2.11. The van der Waals surface area contributed by atoms with E-state index in [0.29, 0.717) is 31.4 Å². The van der Waals surface area contributed by atoms with Crippen LogP contribution in [0.4, 0.5) is 0 Å². The summed E-state index contributed by atoms with van der Waals surface area (Å²) in [5, 5.41) is 3.60. The Bertz CT molecular complexity index is 750. The van der Waals surface area contributed by atoms with E-state index in [1.807, 2.05) is 45.1 Å². The first kappa shape index (κ1) is 20.2. The van der Waals surface area contributed by atoms with Gasteiger partial charge in [0, 0.05) is 0 Å². The van der Waals surface area contributed by atoms with Crippen LogP contribution in [-0.4, -0.2) is 43.1 Å². The molecule has 1 aromatic heterocycles. The van der Waals surface area contributed by atoms with Crippen LogP contribution in [0.3, 0.4) is 0 Å². The average Bonchev–Trinajstić information content (AvgIpc) is 2.66. The summed E-state index contributed by atoms with van der Waals surface area (Å²) in [5.41, 5.74) is 2.05. The second kappa shape index (κ2) is 10.8. The zero-order chi connectivity index (χ0) is 19.5. The Hall–Kier alpha value is -3.09. The van der Waals surface area contributed by atoms with Gasteiger partial charge in [0.25, 0.3) is 0 Å². The van der Waals surface area contributed by atoms with E-state index in [1.165, 1.54) is 13.3 Å². The van der Waals surface area contributed by atoms with Crippen LogP contribution in [0.25, 0.3) is 0 Å². The van der Waals surface area contributed by atoms with E-state index in [-0.39, 0.29) is 0 Å². The molecule has 1 aromatic carbocycles. The number of aromatic nitrogens is 2. The highest BCUT2D eigenvalue weighted by atomic mass is 16.6. The molecule has 2 aromatic rings. The molecule has 0 unspecified atom stereocenters. The number of hydrogen-bond donors (Lipinski definition) is 0. The number of allylic oxidation sites excluding steroid dienone is 1. The fourth-order valence-electron chi connectivity index (χ4n) is 2.33. The first-order chi connectivity index (χ1) is 13.1. The number of rotatable bonds is 10. The lowest BCUT2D eigenvalue weighted by atomic mass is 10.1. The third-order valence-corrected chi connectivity index (χ3v) is 3.54.